The molecule has 0 saturated carbocycles. The van der Waals surface area contributed by atoms with E-state index in [9.17, 15) is 9.59 Å². The molecule has 0 unspecified atom stereocenters. The zero-order valence-electron chi connectivity index (χ0n) is 10.2. The summed E-state index contributed by atoms with van der Waals surface area (Å²) in [5, 5.41) is 15.0. The largest absolute Gasteiger partial charge is 0.478 e. The number of carbonyl (C=O) groups excluding carboxylic acids is 1. The molecular formula is C13H12N2O4. The van der Waals surface area contributed by atoms with Gasteiger partial charge in [-0.1, -0.05) is 17.3 Å². The third-order valence-electron chi connectivity index (χ3n) is 2.61. The first-order valence-electron chi connectivity index (χ1n) is 5.59. The Balaban J connectivity index is 1.97. The maximum atomic E-state index is 11.7. The van der Waals surface area contributed by atoms with E-state index in [0.717, 1.165) is 5.56 Å². The van der Waals surface area contributed by atoms with Crippen LogP contribution in [0.3, 0.4) is 0 Å². The van der Waals surface area contributed by atoms with E-state index in [1.807, 2.05) is 0 Å². The summed E-state index contributed by atoms with van der Waals surface area (Å²) in [4.78, 5) is 22.4. The van der Waals surface area contributed by atoms with Gasteiger partial charge in [-0.15, -0.1) is 0 Å². The molecule has 2 N–H and O–H groups in total. The maximum absolute atomic E-state index is 11.7. The molecule has 1 aromatic heterocycles. The molecule has 0 radical (unpaired) electrons. The van der Waals surface area contributed by atoms with Crippen molar-refractivity contribution in [1.29, 1.82) is 0 Å². The van der Waals surface area contributed by atoms with E-state index in [1.54, 1.807) is 19.1 Å². The summed E-state index contributed by atoms with van der Waals surface area (Å²) in [6, 6.07) is 6.28. The van der Waals surface area contributed by atoms with Crippen LogP contribution < -0.4 is 5.32 Å². The Hall–Kier alpha value is -2.63. The SMILES string of the molecule is Cc1cnoc1C(=O)NCc1ccc(C(=O)O)cc1. The average Bonchev–Trinajstić information content (AvgIpc) is 2.83. The van der Waals surface area contributed by atoms with E-state index in [2.05, 4.69) is 10.5 Å². The van der Waals surface area contributed by atoms with Crippen LogP contribution in [0.1, 0.15) is 32.0 Å². The molecule has 2 aromatic rings. The minimum absolute atomic E-state index is 0.183. The van der Waals surface area contributed by atoms with E-state index in [1.165, 1.54) is 18.3 Å². The zero-order valence-corrected chi connectivity index (χ0v) is 10.2. The fourth-order valence-corrected chi connectivity index (χ4v) is 1.54. The molecule has 0 bridgehead atoms. The number of nitrogens with one attached hydrogen (secondary N) is 1. The quantitative estimate of drug-likeness (QED) is 0.871. The number of aryl methyl sites for hydroxylation is 1. The van der Waals surface area contributed by atoms with Crippen LogP contribution in [0.4, 0.5) is 0 Å². The molecule has 2 rings (SSSR count). The number of aromatic nitrogens is 1. The lowest BCUT2D eigenvalue weighted by atomic mass is 10.1. The van der Waals surface area contributed by atoms with Crippen molar-refractivity contribution in [3.05, 3.63) is 52.9 Å². The molecule has 1 heterocycles. The van der Waals surface area contributed by atoms with Crippen LogP contribution in [0, 0.1) is 6.92 Å². The molecule has 0 atom stereocenters. The first-order valence-corrected chi connectivity index (χ1v) is 5.59. The Morgan fingerprint density at radius 1 is 1.32 bits per heavy atom. The van der Waals surface area contributed by atoms with Gasteiger partial charge in [-0.2, -0.15) is 0 Å². The number of nitrogens with zero attached hydrogens (tertiary/aromatic N) is 1. The molecule has 1 aromatic carbocycles. The lowest BCUT2D eigenvalue weighted by Gasteiger charge is -2.04. The van der Waals surface area contributed by atoms with Crippen LogP contribution in [0.5, 0.6) is 0 Å². The van der Waals surface area contributed by atoms with Gasteiger partial charge in [0.05, 0.1) is 11.8 Å². The van der Waals surface area contributed by atoms with Crippen molar-refractivity contribution in [3.63, 3.8) is 0 Å². The van der Waals surface area contributed by atoms with Crippen LogP contribution in [0.2, 0.25) is 0 Å². The van der Waals surface area contributed by atoms with Crippen molar-refractivity contribution in [2.24, 2.45) is 0 Å². The summed E-state index contributed by atoms with van der Waals surface area (Å²) in [5.41, 5.74) is 1.68. The monoisotopic (exact) mass is 260 g/mol. The predicted octanol–water partition coefficient (Wildman–Crippen LogP) is 1.61. The number of aromatic carboxylic acids is 1. The molecule has 1 amide bonds. The Morgan fingerprint density at radius 3 is 2.53 bits per heavy atom. The van der Waals surface area contributed by atoms with Gasteiger partial charge in [0.1, 0.15) is 0 Å². The van der Waals surface area contributed by atoms with Gasteiger partial charge >= 0.3 is 5.97 Å². The number of amides is 1. The summed E-state index contributed by atoms with van der Waals surface area (Å²) >= 11 is 0. The van der Waals surface area contributed by atoms with E-state index >= 15 is 0 Å². The molecule has 6 nitrogen and oxygen atoms in total. The molecule has 0 aliphatic heterocycles. The third kappa shape index (κ3) is 2.98. The van der Waals surface area contributed by atoms with Gasteiger partial charge in [0.15, 0.2) is 0 Å². The second-order valence-corrected chi connectivity index (χ2v) is 4.02. The van der Waals surface area contributed by atoms with Crippen LogP contribution in [-0.2, 0) is 6.54 Å². The van der Waals surface area contributed by atoms with E-state index in [4.69, 9.17) is 9.63 Å². The number of benzene rings is 1. The summed E-state index contributed by atoms with van der Waals surface area (Å²) < 4.78 is 4.83. The minimum atomic E-state index is -0.979. The van der Waals surface area contributed by atoms with Crippen molar-refractivity contribution in [2.45, 2.75) is 13.5 Å². The summed E-state index contributed by atoms with van der Waals surface area (Å²) in [6.07, 6.45) is 1.47. The highest BCUT2D eigenvalue weighted by atomic mass is 16.5. The van der Waals surface area contributed by atoms with Gasteiger partial charge in [0, 0.05) is 12.1 Å². The normalized spacial score (nSPS) is 10.2. The lowest BCUT2D eigenvalue weighted by Crippen LogP contribution is -2.23. The number of carboxylic acid groups (broad SMARTS) is 1. The molecule has 0 fully saturated rings. The topological polar surface area (TPSA) is 92.4 Å². The number of carbonyl (C=O) groups is 2. The first-order chi connectivity index (χ1) is 9.08. The smallest absolute Gasteiger partial charge is 0.335 e. The minimum Gasteiger partial charge on any atom is -0.478 e. The maximum Gasteiger partial charge on any atom is 0.335 e. The molecular weight excluding hydrogens is 248 g/mol. The van der Waals surface area contributed by atoms with Crippen LogP contribution in [0.25, 0.3) is 0 Å². The highest BCUT2D eigenvalue weighted by Crippen LogP contribution is 2.07. The third-order valence-corrected chi connectivity index (χ3v) is 2.61. The molecule has 0 aliphatic rings. The molecule has 0 saturated heterocycles. The predicted molar refractivity (Wildman–Crippen MR) is 65.8 cm³/mol. The van der Waals surface area contributed by atoms with Crippen molar-refractivity contribution in [3.8, 4) is 0 Å². The van der Waals surface area contributed by atoms with Gasteiger partial charge < -0.3 is 14.9 Å². The molecule has 0 aliphatic carbocycles. The van der Waals surface area contributed by atoms with Crippen LogP contribution in [0.15, 0.2) is 35.0 Å². The van der Waals surface area contributed by atoms with Gasteiger partial charge in [0.2, 0.25) is 5.76 Å². The number of hydrogen-bond donors (Lipinski definition) is 2. The summed E-state index contributed by atoms with van der Waals surface area (Å²) in [5.74, 6) is -1.15. The van der Waals surface area contributed by atoms with Crippen molar-refractivity contribution < 1.29 is 19.2 Å². The zero-order chi connectivity index (χ0) is 13.8. The van der Waals surface area contributed by atoms with Gasteiger partial charge in [-0.25, -0.2) is 4.79 Å². The van der Waals surface area contributed by atoms with E-state index in [0.29, 0.717) is 12.1 Å². The Labute approximate surface area is 109 Å². The Bertz CT molecular complexity index is 601. The lowest BCUT2D eigenvalue weighted by molar-refractivity contribution is 0.0696. The number of rotatable bonds is 4. The molecule has 98 valence electrons. The van der Waals surface area contributed by atoms with Gasteiger partial charge in [-0.3, -0.25) is 4.79 Å². The standard InChI is InChI=1S/C13H12N2O4/c1-8-6-15-19-11(8)12(16)14-7-9-2-4-10(5-3-9)13(17)18/h2-6H,7H2,1H3,(H,14,16)(H,17,18). The average molecular weight is 260 g/mol. The fourth-order valence-electron chi connectivity index (χ4n) is 1.54. The van der Waals surface area contributed by atoms with Crippen molar-refractivity contribution in [2.75, 3.05) is 0 Å². The molecule has 0 spiro atoms. The number of hydrogen-bond acceptors (Lipinski definition) is 4. The van der Waals surface area contributed by atoms with Crippen LogP contribution in [-0.4, -0.2) is 22.1 Å². The molecule has 19 heavy (non-hydrogen) atoms. The second-order valence-electron chi connectivity index (χ2n) is 4.02. The Kier molecular flexibility index (Phi) is 3.61. The van der Waals surface area contributed by atoms with Gasteiger partial charge in [-0.05, 0) is 24.6 Å². The first kappa shape index (κ1) is 12.8. The van der Waals surface area contributed by atoms with Crippen LogP contribution >= 0.6 is 0 Å². The second kappa shape index (κ2) is 5.34. The van der Waals surface area contributed by atoms with Crippen molar-refractivity contribution >= 4 is 11.9 Å². The van der Waals surface area contributed by atoms with E-state index in [-0.39, 0.29) is 17.2 Å². The van der Waals surface area contributed by atoms with Gasteiger partial charge in [0.25, 0.3) is 5.91 Å². The Morgan fingerprint density at radius 2 is 2.00 bits per heavy atom. The van der Waals surface area contributed by atoms with E-state index < -0.39 is 5.97 Å². The highest BCUT2D eigenvalue weighted by Gasteiger charge is 2.13. The fraction of sp³-hybridized carbons (Fsp3) is 0.154. The highest BCUT2D eigenvalue weighted by molar-refractivity contribution is 5.92. The number of carboxylic acids is 1. The summed E-state index contributed by atoms with van der Waals surface area (Å²) in [6.45, 7) is 2.02. The summed E-state index contributed by atoms with van der Waals surface area (Å²) in [7, 11) is 0. The van der Waals surface area contributed by atoms with Crippen molar-refractivity contribution in [1.82, 2.24) is 10.5 Å². The molecule has 6 heteroatoms.